The molecule has 0 aliphatic rings. The molecule has 3 rings (SSSR count). The number of aromatic nitrogens is 2. The first-order valence-electron chi connectivity index (χ1n) is 11.1. The van der Waals surface area contributed by atoms with Gasteiger partial charge < -0.3 is 9.47 Å². The topological polar surface area (TPSA) is 96.6 Å². The highest BCUT2D eigenvalue weighted by molar-refractivity contribution is 7.20. The first-order chi connectivity index (χ1) is 15.9. The summed E-state index contributed by atoms with van der Waals surface area (Å²) in [5.74, 6) is -1.23. The average molecular weight is 487 g/mol. The third-order valence-corrected chi connectivity index (χ3v) is 6.50. The third kappa shape index (κ3) is 5.47. The standard InChI is InChI=1S/C25H30N2O6S/c1-7-32-23(30)20-16(3)19-21(29)27(14-18(28)33-25(4,5)6)24(31)26(22(19)34-20)13-12-17-10-8-15(2)9-11-17/h8-11H,7,12-14H2,1-6H3. The van der Waals surface area contributed by atoms with Crippen molar-refractivity contribution in [1.29, 1.82) is 0 Å². The van der Waals surface area contributed by atoms with Crippen LogP contribution in [0.4, 0.5) is 0 Å². The summed E-state index contributed by atoms with van der Waals surface area (Å²) in [6.07, 6.45) is 0.533. The molecule has 9 heteroatoms. The molecule has 0 aliphatic heterocycles. The smallest absolute Gasteiger partial charge is 0.348 e. The molecule has 2 aromatic heterocycles. The molecular formula is C25H30N2O6S. The first-order valence-corrected chi connectivity index (χ1v) is 12.0. The van der Waals surface area contributed by atoms with E-state index in [1.807, 2.05) is 31.2 Å². The summed E-state index contributed by atoms with van der Waals surface area (Å²) in [6.45, 7) is 10.4. The molecule has 0 aliphatic carbocycles. The molecule has 0 unspecified atom stereocenters. The number of fused-ring (bicyclic) bond motifs is 1. The Bertz CT molecular complexity index is 1340. The number of ether oxygens (including phenoxy) is 2. The summed E-state index contributed by atoms with van der Waals surface area (Å²) < 4.78 is 12.8. The molecule has 0 N–H and O–H groups in total. The van der Waals surface area contributed by atoms with Crippen LogP contribution < -0.4 is 11.2 Å². The lowest BCUT2D eigenvalue weighted by Gasteiger charge is -2.20. The van der Waals surface area contributed by atoms with Gasteiger partial charge in [-0.1, -0.05) is 29.8 Å². The summed E-state index contributed by atoms with van der Waals surface area (Å²) in [6, 6.07) is 7.95. The van der Waals surface area contributed by atoms with Crippen LogP contribution in [0, 0.1) is 13.8 Å². The quantitative estimate of drug-likeness (QED) is 0.474. The predicted molar refractivity (Wildman–Crippen MR) is 132 cm³/mol. The molecule has 2 heterocycles. The lowest BCUT2D eigenvalue weighted by molar-refractivity contribution is -0.155. The van der Waals surface area contributed by atoms with Gasteiger partial charge in [-0.15, -0.1) is 11.3 Å². The fraction of sp³-hybridized carbons (Fsp3) is 0.440. The van der Waals surface area contributed by atoms with E-state index >= 15 is 0 Å². The van der Waals surface area contributed by atoms with Crippen molar-refractivity contribution < 1.29 is 19.1 Å². The van der Waals surface area contributed by atoms with E-state index in [1.54, 1.807) is 34.6 Å². The van der Waals surface area contributed by atoms with Crippen molar-refractivity contribution in [2.24, 2.45) is 0 Å². The average Bonchev–Trinajstić information content (AvgIpc) is 3.08. The molecule has 0 bridgehead atoms. The Morgan fingerprint density at radius 2 is 1.68 bits per heavy atom. The molecule has 34 heavy (non-hydrogen) atoms. The number of carbonyl (C=O) groups is 2. The molecule has 0 fully saturated rings. The monoisotopic (exact) mass is 486 g/mol. The minimum Gasteiger partial charge on any atom is -0.462 e. The van der Waals surface area contributed by atoms with E-state index in [-0.39, 0.29) is 23.4 Å². The van der Waals surface area contributed by atoms with Crippen LogP contribution in [0.5, 0.6) is 0 Å². The van der Waals surface area contributed by atoms with Crippen molar-refractivity contribution >= 4 is 33.5 Å². The molecule has 0 amide bonds. The van der Waals surface area contributed by atoms with Crippen LogP contribution in [0.25, 0.3) is 10.2 Å². The highest BCUT2D eigenvalue weighted by atomic mass is 32.1. The van der Waals surface area contributed by atoms with E-state index in [1.165, 1.54) is 4.57 Å². The second-order valence-electron chi connectivity index (χ2n) is 9.10. The van der Waals surface area contributed by atoms with E-state index in [0.717, 1.165) is 27.0 Å². The highest BCUT2D eigenvalue weighted by Crippen LogP contribution is 2.28. The molecule has 0 radical (unpaired) electrons. The molecule has 0 spiro atoms. The maximum Gasteiger partial charge on any atom is 0.348 e. The van der Waals surface area contributed by atoms with Gasteiger partial charge in [0.1, 0.15) is 21.9 Å². The van der Waals surface area contributed by atoms with Gasteiger partial charge in [-0.25, -0.2) is 14.2 Å². The van der Waals surface area contributed by atoms with Gasteiger partial charge in [-0.3, -0.25) is 14.2 Å². The summed E-state index contributed by atoms with van der Waals surface area (Å²) in [7, 11) is 0. The van der Waals surface area contributed by atoms with Gasteiger partial charge in [-0.2, -0.15) is 0 Å². The minimum atomic E-state index is -0.759. The number of benzene rings is 1. The van der Waals surface area contributed by atoms with Gasteiger partial charge >= 0.3 is 17.6 Å². The van der Waals surface area contributed by atoms with Gasteiger partial charge in [0.25, 0.3) is 5.56 Å². The second-order valence-corrected chi connectivity index (χ2v) is 10.1. The molecule has 3 aromatic rings. The van der Waals surface area contributed by atoms with Crippen LogP contribution in [-0.2, 0) is 33.8 Å². The molecule has 0 atom stereocenters. The Balaban J connectivity index is 2.15. The highest BCUT2D eigenvalue weighted by Gasteiger charge is 2.25. The number of thiophene rings is 1. The van der Waals surface area contributed by atoms with Gasteiger partial charge in [0.05, 0.1) is 12.0 Å². The lowest BCUT2D eigenvalue weighted by atomic mass is 10.1. The van der Waals surface area contributed by atoms with Crippen LogP contribution >= 0.6 is 11.3 Å². The SMILES string of the molecule is CCOC(=O)c1sc2c(c1C)c(=O)n(CC(=O)OC(C)(C)C)c(=O)n2CCc1ccc(C)cc1. The Kier molecular flexibility index (Phi) is 7.45. The molecule has 0 saturated heterocycles. The largest absolute Gasteiger partial charge is 0.462 e. The number of nitrogens with zero attached hydrogens (tertiary/aromatic N) is 2. The minimum absolute atomic E-state index is 0.190. The fourth-order valence-electron chi connectivity index (χ4n) is 3.62. The number of carbonyl (C=O) groups excluding carboxylic acids is 2. The summed E-state index contributed by atoms with van der Waals surface area (Å²) in [4.78, 5) is 52.4. The van der Waals surface area contributed by atoms with Crippen LogP contribution in [0.2, 0.25) is 0 Å². The molecular weight excluding hydrogens is 456 g/mol. The fourth-order valence-corrected chi connectivity index (χ4v) is 4.83. The van der Waals surface area contributed by atoms with Gasteiger partial charge in [0.15, 0.2) is 0 Å². The summed E-state index contributed by atoms with van der Waals surface area (Å²) >= 11 is 1.06. The van der Waals surface area contributed by atoms with Crippen LogP contribution in [0.3, 0.4) is 0 Å². The van der Waals surface area contributed by atoms with Crippen molar-refractivity contribution in [1.82, 2.24) is 9.13 Å². The molecule has 1 aromatic carbocycles. The molecule has 182 valence electrons. The van der Waals surface area contributed by atoms with Crippen LogP contribution in [-0.4, -0.2) is 33.3 Å². The van der Waals surface area contributed by atoms with E-state index in [9.17, 15) is 19.2 Å². The number of hydrogen-bond donors (Lipinski definition) is 0. The number of aryl methyl sites for hydroxylation is 4. The Hall–Kier alpha value is -3.20. The Morgan fingerprint density at radius 3 is 2.26 bits per heavy atom. The second kappa shape index (κ2) is 9.97. The van der Waals surface area contributed by atoms with Crippen molar-refractivity contribution in [2.45, 2.75) is 66.7 Å². The van der Waals surface area contributed by atoms with Crippen LogP contribution in [0.1, 0.15) is 54.1 Å². The zero-order valence-electron chi connectivity index (χ0n) is 20.4. The summed E-state index contributed by atoms with van der Waals surface area (Å²) in [5.41, 5.74) is 0.584. The maximum absolute atomic E-state index is 13.4. The Labute approximate surface area is 201 Å². The number of esters is 2. The zero-order chi connectivity index (χ0) is 25.2. The lowest BCUT2D eigenvalue weighted by Crippen LogP contribution is -2.42. The van der Waals surface area contributed by atoms with E-state index in [0.29, 0.717) is 16.8 Å². The Morgan fingerprint density at radius 1 is 1.03 bits per heavy atom. The van der Waals surface area contributed by atoms with Gasteiger partial charge in [-0.05, 0) is 59.1 Å². The number of rotatable bonds is 7. The maximum atomic E-state index is 13.4. The van der Waals surface area contributed by atoms with Gasteiger partial charge in [0.2, 0.25) is 0 Å². The van der Waals surface area contributed by atoms with Crippen molar-refractivity contribution in [3.63, 3.8) is 0 Å². The van der Waals surface area contributed by atoms with E-state index in [4.69, 9.17) is 9.47 Å². The molecule has 8 nitrogen and oxygen atoms in total. The van der Waals surface area contributed by atoms with Crippen molar-refractivity contribution in [3.05, 3.63) is 66.7 Å². The van der Waals surface area contributed by atoms with E-state index < -0.39 is 35.3 Å². The van der Waals surface area contributed by atoms with Crippen molar-refractivity contribution in [2.75, 3.05) is 6.61 Å². The normalized spacial score (nSPS) is 11.6. The molecule has 0 saturated carbocycles. The van der Waals surface area contributed by atoms with Crippen LogP contribution in [0.15, 0.2) is 33.9 Å². The third-order valence-electron chi connectivity index (χ3n) is 5.21. The van der Waals surface area contributed by atoms with Gasteiger partial charge in [0, 0.05) is 6.54 Å². The predicted octanol–water partition coefficient (Wildman–Crippen LogP) is 3.60. The van der Waals surface area contributed by atoms with Crippen molar-refractivity contribution in [3.8, 4) is 0 Å². The summed E-state index contributed by atoms with van der Waals surface area (Å²) in [5, 5.41) is 0.236. The number of hydrogen-bond acceptors (Lipinski definition) is 7. The first kappa shape index (κ1) is 25.4. The zero-order valence-corrected chi connectivity index (χ0v) is 21.2. The van der Waals surface area contributed by atoms with E-state index in [2.05, 4.69) is 0 Å².